The van der Waals surface area contributed by atoms with E-state index in [2.05, 4.69) is 17.2 Å². The van der Waals surface area contributed by atoms with E-state index in [9.17, 15) is 4.79 Å². The third kappa shape index (κ3) is 5.16. The van der Waals surface area contributed by atoms with E-state index < -0.39 is 6.10 Å². The van der Waals surface area contributed by atoms with Crippen molar-refractivity contribution in [2.45, 2.75) is 46.1 Å². The van der Waals surface area contributed by atoms with Gasteiger partial charge in [-0.2, -0.15) is 0 Å². The zero-order chi connectivity index (χ0) is 14.3. The van der Waals surface area contributed by atoms with E-state index in [-0.39, 0.29) is 5.91 Å². The number of rotatable bonds is 7. The van der Waals surface area contributed by atoms with Crippen molar-refractivity contribution in [3.63, 3.8) is 0 Å². The Labute approximate surface area is 114 Å². The quantitative estimate of drug-likeness (QED) is 0.740. The number of aromatic nitrogens is 1. The van der Waals surface area contributed by atoms with Crippen LogP contribution in [0, 0.1) is 6.92 Å². The molecule has 1 unspecified atom stereocenters. The molecule has 0 saturated carbocycles. The molecule has 5 nitrogen and oxygen atoms in total. The van der Waals surface area contributed by atoms with Gasteiger partial charge in [-0.05, 0) is 32.4 Å². The minimum Gasteiger partial charge on any atom is -0.477 e. The highest BCUT2D eigenvalue weighted by molar-refractivity contribution is 5.80. The molecular weight excluding hydrogens is 242 g/mol. The molecule has 1 heterocycles. The van der Waals surface area contributed by atoms with E-state index in [1.54, 1.807) is 19.1 Å². The Morgan fingerprint density at radius 2 is 2.21 bits per heavy atom. The van der Waals surface area contributed by atoms with Crippen molar-refractivity contribution in [3.05, 3.63) is 17.8 Å². The summed E-state index contributed by atoms with van der Waals surface area (Å²) in [4.78, 5) is 15.9. The zero-order valence-electron chi connectivity index (χ0n) is 11.9. The third-order valence-corrected chi connectivity index (χ3v) is 2.78. The molecule has 0 radical (unpaired) electrons. The molecule has 106 valence electrons. The number of anilines is 1. The number of ether oxygens (including phenoxy) is 1. The molecule has 0 aliphatic carbocycles. The van der Waals surface area contributed by atoms with Crippen molar-refractivity contribution < 1.29 is 9.53 Å². The molecule has 0 aliphatic heterocycles. The van der Waals surface area contributed by atoms with Gasteiger partial charge >= 0.3 is 0 Å². The van der Waals surface area contributed by atoms with E-state index in [0.717, 1.165) is 25.0 Å². The minimum absolute atomic E-state index is 0.129. The van der Waals surface area contributed by atoms with Gasteiger partial charge in [-0.3, -0.25) is 4.79 Å². The van der Waals surface area contributed by atoms with Crippen LogP contribution in [-0.2, 0) is 4.79 Å². The molecule has 3 N–H and O–H groups in total. The van der Waals surface area contributed by atoms with Crippen LogP contribution in [0.15, 0.2) is 12.1 Å². The summed E-state index contributed by atoms with van der Waals surface area (Å²) in [5, 5.41) is 2.84. The van der Waals surface area contributed by atoms with Crippen LogP contribution in [0.1, 0.15) is 38.8 Å². The van der Waals surface area contributed by atoms with Crippen molar-refractivity contribution in [2.24, 2.45) is 0 Å². The molecule has 0 spiro atoms. The van der Waals surface area contributed by atoms with Gasteiger partial charge in [-0.15, -0.1) is 0 Å². The highest BCUT2D eigenvalue weighted by Crippen LogP contribution is 2.20. The molecule has 1 amide bonds. The lowest BCUT2D eigenvalue weighted by molar-refractivity contribution is -0.127. The average Bonchev–Trinajstić information content (AvgIpc) is 2.37. The topological polar surface area (TPSA) is 77.2 Å². The van der Waals surface area contributed by atoms with Gasteiger partial charge in [0, 0.05) is 12.2 Å². The lowest BCUT2D eigenvalue weighted by Gasteiger charge is -2.15. The second-order valence-electron chi connectivity index (χ2n) is 4.59. The number of nitrogens with zero attached hydrogens (tertiary/aromatic N) is 1. The van der Waals surface area contributed by atoms with Crippen molar-refractivity contribution in [1.29, 1.82) is 0 Å². The van der Waals surface area contributed by atoms with Crippen LogP contribution in [0.25, 0.3) is 0 Å². The molecule has 1 rings (SSSR count). The number of hydrogen-bond donors (Lipinski definition) is 2. The van der Waals surface area contributed by atoms with Crippen LogP contribution in [0.5, 0.6) is 5.75 Å². The van der Waals surface area contributed by atoms with Crippen molar-refractivity contribution >= 4 is 11.7 Å². The Bertz CT molecular complexity index is 421. The summed E-state index contributed by atoms with van der Waals surface area (Å²) < 4.78 is 5.52. The number of nitrogens with one attached hydrogen (secondary N) is 1. The van der Waals surface area contributed by atoms with Gasteiger partial charge in [0.1, 0.15) is 0 Å². The maximum atomic E-state index is 11.8. The maximum Gasteiger partial charge on any atom is 0.260 e. The molecular formula is C14H23N3O2. The third-order valence-electron chi connectivity index (χ3n) is 2.78. The smallest absolute Gasteiger partial charge is 0.260 e. The van der Waals surface area contributed by atoms with Gasteiger partial charge in [-0.1, -0.05) is 19.8 Å². The van der Waals surface area contributed by atoms with Crippen molar-refractivity contribution in [2.75, 3.05) is 12.3 Å². The van der Waals surface area contributed by atoms with Gasteiger partial charge in [-0.25, -0.2) is 4.98 Å². The van der Waals surface area contributed by atoms with Crippen LogP contribution in [0.3, 0.4) is 0 Å². The Morgan fingerprint density at radius 3 is 2.84 bits per heavy atom. The number of hydrogen-bond acceptors (Lipinski definition) is 4. The summed E-state index contributed by atoms with van der Waals surface area (Å²) in [6.07, 6.45) is 2.66. The Kier molecular flexibility index (Phi) is 6.12. The van der Waals surface area contributed by atoms with E-state index in [1.807, 2.05) is 6.92 Å². The zero-order valence-corrected chi connectivity index (χ0v) is 11.9. The molecule has 0 aliphatic rings. The normalized spacial score (nSPS) is 11.9. The van der Waals surface area contributed by atoms with Gasteiger partial charge in [0.2, 0.25) is 0 Å². The number of nitrogens with two attached hydrogens (primary N) is 1. The summed E-state index contributed by atoms with van der Waals surface area (Å²) in [5.74, 6) is 0.628. The number of aryl methyl sites for hydroxylation is 1. The lowest BCUT2D eigenvalue weighted by atomic mass is 10.2. The fraction of sp³-hybridized carbons (Fsp3) is 0.571. The number of pyridine rings is 1. The highest BCUT2D eigenvalue weighted by atomic mass is 16.5. The predicted molar refractivity (Wildman–Crippen MR) is 76.0 cm³/mol. The lowest BCUT2D eigenvalue weighted by Crippen LogP contribution is -2.37. The fourth-order valence-electron chi connectivity index (χ4n) is 1.64. The van der Waals surface area contributed by atoms with Gasteiger partial charge in [0.15, 0.2) is 17.7 Å². The average molecular weight is 265 g/mol. The number of amides is 1. The SMILES string of the molecule is CCCCCNC(=O)C(C)Oc1ccc(C)nc1N. The first-order valence-electron chi connectivity index (χ1n) is 6.72. The predicted octanol–water partition coefficient (Wildman–Crippen LogP) is 2.05. The summed E-state index contributed by atoms with van der Waals surface area (Å²) >= 11 is 0. The monoisotopic (exact) mass is 265 g/mol. The number of nitrogen functional groups attached to an aromatic ring is 1. The molecule has 0 aromatic carbocycles. The molecule has 0 bridgehead atoms. The Hall–Kier alpha value is -1.78. The van der Waals surface area contributed by atoms with Gasteiger partial charge < -0.3 is 15.8 Å². The van der Waals surface area contributed by atoms with E-state index >= 15 is 0 Å². The molecule has 1 aromatic heterocycles. The molecule has 5 heteroatoms. The molecule has 1 atom stereocenters. The van der Waals surface area contributed by atoms with Crippen LogP contribution in [0.2, 0.25) is 0 Å². The summed E-state index contributed by atoms with van der Waals surface area (Å²) in [6.45, 7) is 6.36. The van der Waals surface area contributed by atoms with Crippen LogP contribution >= 0.6 is 0 Å². The second kappa shape index (κ2) is 7.61. The minimum atomic E-state index is -0.576. The molecule has 0 fully saturated rings. The fourth-order valence-corrected chi connectivity index (χ4v) is 1.64. The standard InChI is InChI=1S/C14H23N3O2/c1-4-5-6-9-16-14(18)11(3)19-12-8-7-10(2)17-13(12)15/h7-8,11H,4-6,9H2,1-3H3,(H2,15,17)(H,16,18). The van der Waals surface area contributed by atoms with Crippen molar-refractivity contribution in [1.82, 2.24) is 10.3 Å². The van der Waals surface area contributed by atoms with E-state index in [4.69, 9.17) is 10.5 Å². The highest BCUT2D eigenvalue weighted by Gasteiger charge is 2.15. The number of carbonyl (C=O) groups is 1. The number of carbonyl (C=O) groups excluding carboxylic acids is 1. The Morgan fingerprint density at radius 1 is 1.47 bits per heavy atom. The van der Waals surface area contributed by atoms with Crippen LogP contribution in [0.4, 0.5) is 5.82 Å². The summed E-state index contributed by atoms with van der Waals surface area (Å²) in [5.41, 5.74) is 6.56. The second-order valence-corrected chi connectivity index (χ2v) is 4.59. The van der Waals surface area contributed by atoms with Crippen LogP contribution < -0.4 is 15.8 Å². The van der Waals surface area contributed by atoms with Gasteiger partial charge in [0.25, 0.3) is 5.91 Å². The molecule has 0 saturated heterocycles. The largest absolute Gasteiger partial charge is 0.477 e. The first-order chi connectivity index (χ1) is 9.04. The number of unbranched alkanes of at least 4 members (excludes halogenated alkanes) is 2. The van der Waals surface area contributed by atoms with Crippen molar-refractivity contribution in [3.8, 4) is 5.75 Å². The van der Waals surface area contributed by atoms with Gasteiger partial charge in [0.05, 0.1) is 0 Å². The maximum absolute atomic E-state index is 11.8. The van der Waals surface area contributed by atoms with Crippen LogP contribution in [-0.4, -0.2) is 23.5 Å². The summed E-state index contributed by atoms with van der Waals surface area (Å²) in [6, 6.07) is 3.54. The summed E-state index contributed by atoms with van der Waals surface area (Å²) in [7, 11) is 0. The van der Waals surface area contributed by atoms with E-state index in [1.165, 1.54) is 0 Å². The van der Waals surface area contributed by atoms with E-state index in [0.29, 0.717) is 18.1 Å². The first kappa shape index (κ1) is 15.3. The molecule has 19 heavy (non-hydrogen) atoms. The first-order valence-corrected chi connectivity index (χ1v) is 6.72. The molecule has 1 aromatic rings. The Balaban J connectivity index is 2.45.